The van der Waals surface area contributed by atoms with Gasteiger partial charge in [0, 0.05) is 64.1 Å². The van der Waals surface area contributed by atoms with Crippen molar-refractivity contribution in [3.63, 3.8) is 0 Å². The Morgan fingerprint density at radius 1 is 0.667 bits per heavy atom. The van der Waals surface area contributed by atoms with Gasteiger partial charge in [-0.05, 0) is 14.1 Å². The zero-order valence-corrected chi connectivity index (χ0v) is 16.0. The Balaban J connectivity index is 3.58. The number of carbonyl (C=O) groups excluding carboxylic acids is 2. The smallest absolute Gasteiger partial charge is 0.314 e. The van der Waals surface area contributed by atoms with Crippen LogP contribution in [0.2, 0.25) is 0 Å². The standard InChI is InChI=1S/C14H30Cl2N6O2/c1-21(9-7-19-13(23)17-5-3-15)11-12-22(2)10-8-20-14(24)18-6-4-16/h3-12H2,1-2H3,(H2,17,19,23)(H2,18,20,24). The summed E-state index contributed by atoms with van der Waals surface area (Å²) in [5, 5.41) is 10.8. The minimum Gasteiger partial charge on any atom is -0.337 e. The third-order valence-electron chi connectivity index (χ3n) is 3.18. The van der Waals surface area contributed by atoms with E-state index in [4.69, 9.17) is 23.2 Å². The number of nitrogens with one attached hydrogen (secondary N) is 4. The maximum atomic E-state index is 11.3. The largest absolute Gasteiger partial charge is 0.337 e. The maximum absolute atomic E-state index is 11.3. The average Bonchev–Trinajstić information content (AvgIpc) is 2.56. The quantitative estimate of drug-likeness (QED) is 0.334. The van der Waals surface area contributed by atoms with Crippen LogP contribution in [0.25, 0.3) is 0 Å². The molecule has 0 saturated carbocycles. The zero-order chi connectivity index (χ0) is 18.2. The van der Waals surface area contributed by atoms with Crippen molar-refractivity contribution in [2.45, 2.75) is 0 Å². The summed E-state index contributed by atoms with van der Waals surface area (Å²) in [4.78, 5) is 26.9. The van der Waals surface area contributed by atoms with E-state index in [1.165, 1.54) is 0 Å². The number of hydrogen-bond donors (Lipinski definition) is 4. The lowest BCUT2D eigenvalue weighted by molar-refractivity contribution is 0.230. The molecular weight excluding hydrogens is 355 g/mol. The fraction of sp³-hybridized carbons (Fsp3) is 0.857. The highest BCUT2D eigenvalue weighted by Crippen LogP contribution is 1.86. The highest BCUT2D eigenvalue weighted by molar-refractivity contribution is 6.18. The van der Waals surface area contributed by atoms with Crippen molar-refractivity contribution in [1.82, 2.24) is 31.1 Å². The van der Waals surface area contributed by atoms with E-state index in [0.29, 0.717) is 37.9 Å². The molecule has 0 unspecified atom stereocenters. The lowest BCUT2D eigenvalue weighted by Gasteiger charge is -2.22. The minimum absolute atomic E-state index is 0.195. The summed E-state index contributed by atoms with van der Waals surface area (Å²) >= 11 is 11.0. The molecule has 0 spiro atoms. The van der Waals surface area contributed by atoms with Gasteiger partial charge in [-0.15, -0.1) is 23.2 Å². The Labute approximate surface area is 154 Å². The van der Waals surface area contributed by atoms with Crippen molar-refractivity contribution in [2.75, 3.05) is 78.2 Å². The predicted octanol–water partition coefficient (Wildman–Crippen LogP) is -0.0740. The van der Waals surface area contributed by atoms with Gasteiger partial charge in [0.1, 0.15) is 0 Å². The number of halogens is 2. The Morgan fingerprint density at radius 3 is 1.33 bits per heavy atom. The first-order chi connectivity index (χ1) is 11.5. The van der Waals surface area contributed by atoms with Crippen LogP contribution in [0.4, 0.5) is 9.59 Å². The number of amides is 4. The molecule has 0 heterocycles. The summed E-state index contributed by atoms with van der Waals surface area (Å²) in [6.45, 7) is 5.37. The fourth-order valence-corrected chi connectivity index (χ4v) is 1.92. The van der Waals surface area contributed by atoms with E-state index >= 15 is 0 Å². The third-order valence-corrected chi connectivity index (χ3v) is 3.56. The first-order valence-corrected chi connectivity index (χ1v) is 9.09. The molecular formula is C14H30Cl2N6O2. The molecule has 0 atom stereocenters. The number of rotatable bonds is 13. The second-order valence-electron chi connectivity index (χ2n) is 5.35. The van der Waals surface area contributed by atoms with Gasteiger partial charge in [0.05, 0.1) is 0 Å². The monoisotopic (exact) mass is 384 g/mol. The number of hydrogen-bond acceptors (Lipinski definition) is 4. The molecule has 0 aliphatic carbocycles. The number of urea groups is 2. The molecule has 0 radical (unpaired) electrons. The summed E-state index contributed by atoms with van der Waals surface area (Å²) in [6, 6.07) is -0.389. The second kappa shape index (κ2) is 15.6. The highest BCUT2D eigenvalue weighted by atomic mass is 35.5. The van der Waals surface area contributed by atoms with Crippen molar-refractivity contribution >= 4 is 35.3 Å². The second-order valence-corrected chi connectivity index (χ2v) is 6.11. The molecule has 10 heteroatoms. The summed E-state index contributed by atoms with van der Waals surface area (Å²) in [5.74, 6) is 0.811. The lowest BCUT2D eigenvalue weighted by Crippen LogP contribution is -2.43. The highest BCUT2D eigenvalue weighted by Gasteiger charge is 2.04. The molecule has 0 saturated heterocycles. The SMILES string of the molecule is CN(CCNC(=O)NCCCl)CCN(C)CCNC(=O)NCCCl. The summed E-state index contributed by atoms with van der Waals surface area (Å²) in [6.07, 6.45) is 0. The van der Waals surface area contributed by atoms with E-state index < -0.39 is 0 Å². The van der Waals surface area contributed by atoms with Crippen molar-refractivity contribution in [3.8, 4) is 0 Å². The van der Waals surface area contributed by atoms with Crippen molar-refractivity contribution in [2.24, 2.45) is 0 Å². The van der Waals surface area contributed by atoms with Crippen LogP contribution in [0.3, 0.4) is 0 Å². The van der Waals surface area contributed by atoms with Gasteiger partial charge < -0.3 is 31.1 Å². The molecule has 0 aromatic rings. The average molecular weight is 385 g/mol. The van der Waals surface area contributed by atoms with Gasteiger partial charge in [-0.3, -0.25) is 0 Å². The number of carbonyl (C=O) groups is 2. The number of alkyl halides is 2. The molecule has 0 aliphatic heterocycles. The first kappa shape index (κ1) is 23.0. The normalized spacial score (nSPS) is 10.8. The Bertz CT molecular complexity index is 317. The van der Waals surface area contributed by atoms with Crippen LogP contribution in [0.15, 0.2) is 0 Å². The Kier molecular flexibility index (Phi) is 14.9. The fourth-order valence-electron chi connectivity index (χ4n) is 1.73. The van der Waals surface area contributed by atoms with Gasteiger partial charge in [-0.1, -0.05) is 0 Å². The van der Waals surface area contributed by atoms with Crippen molar-refractivity contribution in [3.05, 3.63) is 0 Å². The van der Waals surface area contributed by atoms with Crippen LogP contribution in [-0.2, 0) is 0 Å². The van der Waals surface area contributed by atoms with Gasteiger partial charge >= 0.3 is 12.1 Å². The molecule has 4 amide bonds. The van der Waals surface area contributed by atoms with Crippen LogP contribution < -0.4 is 21.3 Å². The molecule has 4 N–H and O–H groups in total. The molecule has 142 valence electrons. The van der Waals surface area contributed by atoms with Crippen molar-refractivity contribution in [1.29, 1.82) is 0 Å². The molecule has 8 nitrogen and oxygen atoms in total. The summed E-state index contributed by atoms with van der Waals surface area (Å²) in [7, 11) is 4.01. The summed E-state index contributed by atoms with van der Waals surface area (Å²) < 4.78 is 0. The van der Waals surface area contributed by atoms with Crippen LogP contribution in [0, 0.1) is 0 Å². The van der Waals surface area contributed by atoms with E-state index in [1.807, 2.05) is 14.1 Å². The van der Waals surface area contributed by atoms with Gasteiger partial charge in [0.25, 0.3) is 0 Å². The maximum Gasteiger partial charge on any atom is 0.314 e. The van der Waals surface area contributed by atoms with Crippen LogP contribution in [0.1, 0.15) is 0 Å². The molecule has 0 aromatic carbocycles. The van der Waals surface area contributed by atoms with E-state index in [9.17, 15) is 9.59 Å². The Hall–Kier alpha value is -0.960. The van der Waals surface area contributed by atoms with Gasteiger partial charge in [0.2, 0.25) is 0 Å². The summed E-state index contributed by atoms with van der Waals surface area (Å²) in [5.41, 5.74) is 0. The predicted molar refractivity (Wildman–Crippen MR) is 99.2 cm³/mol. The van der Waals surface area contributed by atoms with Crippen LogP contribution >= 0.6 is 23.2 Å². The lowest BCUT2D eigenvalue weighted by atomic mass is 10.4. The molecule has 0 fully saturated rings. The van der Waals surface area contributed by atoms with E-state index in [1.54, 1.807) is 0 Å². The molecule has 0 bridgehead atoms. The van der Waals surface area contributed by atoms with Gasteiger partial charge in [0.15, 0.2) is 0 Å². The van der Waals surface area contributed by atoms with Gasteiger partial charge in [-0.2, -0.15) is 0 Å². The third kappa shape index (κ3) is 14.6. The van der Waals surface area contributed by atoms with Crippen LogP contribution in [-0.4, -0.2) is 100 Å². The van der Waals surface area contributed by atoms with E-state index in [0.717, 1.165) is 26.2 Å². The minimum atomic E-state index is -0.195. The topological polar surface area (TPSA) is 88.7 Å². The van der Waals surface area contributed by atoms with E-state index in [-0.39, 0.29) is 12.1 Å². The van der Waals surface area contributed by atoms with E-state index in [2.05, 4.69) is 31.1 Å². The number of nitrogens with zero attached hydrogens (tertiary/aromatic N) is 2. The Morgan fingerprint density at radius 2 is 1.00 bits per heavy atom. The van der Waals surface area contributed by atoms with Crippen molar-refractivity contribution < 1.29 is 9.59 Å². The zero-order valence-electron chi connectivity index (χ0n) is 14.5. The molecule has 0 rings (SSSR count). The van der Waals surface area contributed by atoms with Crippen LogP contribution in [0.5, 0.6) is 0 Å². The first-order valence-electron chi connectivity index (χ1n) is 8.02. The van der Waals surface area contributed by atoms with Gasteiger partial charge in [-0.25, -0.2) is 9.59 Å². The molecule has 0 aliphatic rings. The molecule has 24 heavy (non-hydrogen) atoms. The molecule has 0 aromatic heterocycles. The number of likely N-dealkylation sites (N-methyl/N-ethyl adjacent to an activating group) is 2.